The van der Waals surface area contributed by atoms with Crippen LogP contribution in [-0.4, -0.2) is 7.05 Å². The summed E-state index contributed by atoms with van der Waals surface area (Å²) < 4.78 is 19.7. The summed E-state index contributed by atoms with van der Waals surface area (Å²) in [5, 5.41) is 3.86. The standard InChI is InChI=1S/C14H11BrCl2FNO/c1-19-7-8-4-9(18)2-3-13(8)20-14-6-11(16)10(15)5-12(14)17/h2-6,19H,7H2,1H3. The minimum atomic E-state index is -0.317. The average molecular weight is 379 g/mol. The summed E-state index contributed by atoms with van der Waals surface area (Å²) >= 11 is 15.4. The van der Waals surface area contributed by atoms with Gasteiger partial charge in [0, 0.05) is 22.6 Å². The second-order valence-electron chi connectivity index (χ2n) is 4.08. The lowest BCUT2D eigenvalue weighted by Crippen LogP contribution is -2.06. The number of rotatable bonds is 4. The number of nitrogens with one attached hydrogen (secondary N) is 1. The molecule has 0 radical (unpaired) electrons. The van der Waals surface area contributed by atoms with Crippen molar-refractivity contribution in [2.75, 3.05) is 7.05 Å². The molecule has 0 saturated carbocycles. The van der Waals surface area contributed by atoms with Crippen molar-refractivity contribution in [3.05, 3.63) is 56.2 Å². The summed E-state index contributed by atoms with van der Waals surface area (Å²) in [5.41, 5.74) is 0.697. The molecule has 0 spiro atoms. The lowest BCUT2D eigenvalue weighted by atomic mass is 10.2. The van der Waals surface area contributed by atoms with E-state index < -0.39 is 0 Å². The minimum absolute atomic E-state index is 0.317. The van der Waals surface area contributed by atoms with Gasteiger partial charge in [-0.25, -0.2) is 4.39 Å². The quantitative estimate of drug-likeness (QED) is 0.718. The predicted octanol–water partition coefficient (Wildman–Crippen LogP) is 5.41. The molecule has 0 saturated heterocycles. The average Bonchev–Trinajstić information content (AvgIpc) is 2.39. The number of halogens is 4. The molecule has 6 heteroatoms. The maximum atomic E-state index is 13.3. The van der Waals surface area contributed by atoms with E-state index in [9.17, 15) is 4.39 Å². The molecule has 0 aromatic heterocycles. The molecule has 0 atom stereocenters. The van der Waals surface area contributed by atoms with E-state index in [1.165, 1.54) is 12.1 Å². The fourth-order valence-electron chi connectivity index (χ4n) is 1.68. The first-order chi connectivity index (χ1) is 9.51. The fraction of sp³-hybridized carbons (Fsp3) is 0.143. The summed E-state index contributed by atoms with van der Waals surface area (Å²) in [6, 6.07) is 7.58. The molecule has 0 bridgehead atoms. The Labute approximate surface area is 135 Å². The lowest BCUT2D eigenvalue weighted by Gasteiger charge is -2.13. The van der Waals surface area contributed by atoms with Gasteiger partial charge in [-0.15, -0.1) is 0 Å². The monoisotopic (exact) mass is 377 g/mol. The zero-order chi connectivity index (χ0) is 14.7. The van der Waals surface area contributed by atoms with Crippen molar-refractivity contribution in [2.45, 2.75) is 6.54 Å². The maximum absolute atomic E-state index is 13.3. The van der Waals surface area contributed by atoms with Crippen LogP contribution in [0.4, 0.5) is 4.39 Å². The van der Waals surface area contributed by atoms with Crippen LogP contribution in [0.15, 0.2) is 34.8 Å². The Kier molecular flexibility index (Phi) is 5.27. The number of benzene rings is 2. The Balaban J connectivity index is 2.37. The molecule has 2 aromatic rings. The number of hydrogen-bond acceptors (Lipinski definition) is 2. The molecule has 0 amide bonds. The second kappa shape index (κ2) is 6.76. The highest BCUT2D eigenvalue weighted by Crippen LogP contribution is 2.37. The largest absolute Gasteiger partial charge is 0.455 e. The molecule has 0 aliphatic heterocycles. The van der Waals surface area contributed by atoms with E-state index >= 15 is 0 Å². The summed E-state index contributed by atoms with van der Waals surface area (Å²) in [7, 11) is 1.78. The van der Waals surface area contributed by atoms with Crippen LogP contribution in [0.2, 0.25) is 10.0 Å². The van der Waals surface area contributed by atoms with Gasteiger partial charge in [0.15, 0.2) is 0 Å². The molecule has 1 N–H and O–H groups in total. The Hall–Kier alpha value is -0.810. The van der Waals surface area contributed by atoms with Crippen molar-refractivity contribution < 1.29 is 9.13 Å². The maximum Gasteiger partial charge on any atom is 0.147 e. The van der Waals surface area contributed by atoms with E-state index in [1.807, 2.05) is 0 Å². The molecule has 106 valence electrons. The number of ether oxygens (including phenoxy) is 1. The Morgan fingerprint density at radius 3 is 2.60 bits per heavy atom. The van der Waals surface area contributed by atoms with Gasteiger partial charge in [0.25, 0.3) is 0 Å². The Morgan fingerprint density at radius 2 is 1.90 bits per heavy atom. The van der Waals surface area contributed by atoms with Gasteiger partial charge in [-0.3, -0.25) is 0 Å². The SMILES string of the molecule is CNCc1cc(F)ccc1Oc1cc(Cl)c(Br)cc1Cl. The van der Waals surface area contributed by atoms with E-state index in [1.54, 1.807) is 25.2 Å². The number of hydrogen-bond donors (Lipinski definition) is 1. The third kappa shape index (κ3) is 3.64. The first-order valence-corrected chi connectivity index (χ1v) is 7.31. The van der Waals surface area contributed by atoms with Gasteiger partial charge in [-0.1, -0.05) is 23.2 Å². The van der Waals surface area contributed by atoms with E-state index in [2.05, 4.69) is 21.2 Å². The summed E-state index contributed by atoms with van der Waals surface area (Å²) in [6.45, 7) is 0.481. The van der Waals surface area contributed by atoms with Crippen LogP contribution in [0.25, 0.3) is 0 Å². The molecule has 2 aromatic carbocycles. The van der Waals surface area contributed by atoms with Gasteiger partial charge >= 0.3 is 0 Å². The molecule has 0 unspecified atom stereocenters. The summed E-state index contributed by atoms with van der Waals surface area (Å²) in [4.78, 5) is 0. The third-order valence-electron chi connectivity index (χ3n) is 2.58. The molecule has 2 rings (SSSR count). The van der Waals surface area contributed by atoms with E-state index in [0.717, 1.165) is 0 Å². The molecule has 0 fully saturated rings. The molecule has 0 heterocycles. The Bertz CT molecular complexity index is 637. The van der Waals surface area contributed by atoms with E-state index in [-0.39, 0.29) is 5.82 Å². The highest BCUT2D eigenvalue weighted by Gasteiger charge is 2.11. The zero-order valence-corrected chi connectivity index (χ0v) is 13.6. The first kappa shape index (κ1) is 15.6. The van der Waals surface area contributed by atoms with Crippen molar-refractivity contribution >= 4 is 39.1 Å². The molecule has 20 heavy (non-hydrogen) atoms. The highest BCUT2D eigenvalue weighted by atomic mass is 79.9. The van der Waals surface area contributed by atoms with Crippen molar-refractivity contribution in [3.8, 4) is 11.5 Å². The third-order valence-corrected chi connectivity index (χ3v) is 4.08. The van der Waals surface area contributed by atoms with Crippen LogP contribution in [-0.2, 0) is 6.54 Å². The first-order valence-electron chi connectivity index (χ1n) is 5.76. The second-order valence-corrected chi connectivity index (χ2v) is 5.75. The molecule has 2 nitrogen and oxygen atoms in total. The topological polar surface area (TPSA) is 21.3 Å². The van der Waals surface area contributed by atoms with Crippen molar-refractivity contribution in [1.29, 1.82) is 0 Å². The fourth-order valence-corrected chi connectivity index (χ4v) is 2.51. The van der Waals surface area contributed by atoms with Crippen LogP contribution in [0, 0.1) is 5.82 Å². The van der Waals surface area contributed by atoms with E-state index in [0.29, 0.717) is 38.1 Å². The van der Waals surface area contributed by atoms with Gasteiger partial charge in [0.2, 0.25) is 0 Å². The van der Waals surface area contributed by atoms with Crippen LogP contribution < -0.4 is 10.1 Å². The van der Waals surface area contributed by atoms with Gasteiger partial charge < -0.3 is 10.1 Å². The van der Waals surface area contributed by atoms with Gasteiger partial charge in [-0.2, -0.15) is 0 Å². The molecule has 0 aliphatic carbocycles. The van der Waals surface area contributed by atoms with Crippen molar-refractivity contribution in [3.63, 3.8) is 0 Å². The van der Waals surface area contributed by atoms with E-state index in [4.69, 9.17) is 27.9 Å². The van der Waals surface area contributed by atoms with Crippen LogP contribution in [0.1, 0.15) is 5.56 Å². The van der Waals surface area contributed by atoms with Gasteiger partial charge in [-0.05, 0) is 47.2 Å². The smallest absolute Gasteiger partial charge is 0.147 e. The lowest BCUT2D eigenvalue weighted by molar-refractivity contribution is 0.472. The van der Waals surface area contributed by atoms with Gasteiger partial charge in [0.1, 0.15) is 17.3 Å². The van der Waals surface area contributed by atoms with Crippen molar-refractivity contribution in [1.82, 2.24) is 5.32 Å². The molecule has 0 aliphatic rings. The summed E-state index contributed by atoms with van der Waals surface area (Å²) in [6.07, 6.45) is 0. The summed E-state index contributed by atoms with van der Waals surface area (Å²) in [5.74, 6) is 0.632. The Morgan fingerprint density at radius 1 is 1.15 bits per heavy atom. The highest BCUT2D eigenvalue weighted by molar-refractivity contribution is 9.10. The predicted molar refractivity (Wildman–Crippen MR) is 83.4 cm³/mol. The molecular formula is C14H11BrCl2FNO. The van der Waals surface area contributed by atoms with Crippen LogP contribution in [0.5, 0.6) is 11.5 Å². The zero-order valence-electron chi connectivity index (χ0n) is 10.5. The van der Waals surface area contributed by atoms with Crippen LogP contribution >= 0.6 is 39.1 Å². The van der Waals surface area contributed by atoms with Crippen LogP contribution in [0.3, 0.4) is 0 Å². The van der Waals surface area contributed by atoms with Crippen molar-refractivity contribution in [2.24, 2.45) is 0 Å². The normalized spacial score (nSPS) is 10.7. The minimum Gasteiger partial charge on any atom is -0.455 e. The van der Waals surface area contributed by atoms with Gasteiger partial charge in [0.05, 0.1) is 10.0 Å². The molecular weight excluding hydrogens is 368 g/mol.